The first-order valence-electron chi connectivity index (χ1n) is 2.79. The SMILES string of the molecule is FC1(F)CCNCC1.N. The highest BCUT2D eigenvalue weighted by molar-refractivity contribution is 4.73. The fraction of sp³-hybridized carbons (Fsp3) is 1.00. The van der Waals surface area contributed by atoms with E-state index in [4.69, 9.17) is 0 Å². The quantitative estimate of drug-likeness (QED) is 0.527. The van der Waals surface area contributed by atoms with Gasteiger partial charge in [0.25, 0.3) is 5.92 Å². The van der Waals surface area contributed by atoms with Crippen LogP contribution in [0.15, 0.2) is 0 Å². The third-order valence-electron chi connectivity index (χ3n) is 1.34. The maximum atomic E-state index is 12.2. The summed E-state index contributed by atoms with van der Waals surface area (Å²) < 4.78 is 24.3. The van der Waals surface area contributed by atoms with Crippen LogP contribution in [0, 0.1) is 0 Å². The summed E-state index contributed by atoms with van der Waals surface area (Å²) in [5.41, 5.74) is 0. The van der Waals surface area contributed by atoms with E-state index in [1.807, 2.05) is 0 Å². The van der Waals surface area contributed by atoms with Crippen LogP contribution in [0.4, 0.5) is 8.78 Å². The Morgan fingerprint density at radius 1 is 1.11 bits per heavy atom. The van der Waals surface area contributed by atoms with Crippen LogP contribution < -0.4 is 11.5 Å². The molecule has 0 unspecified atom stereocenters. The number of alkyl halides is 2. The Kier molecular flexibility index (Phi) is 3.00. The molecule has 1 aliphatic rings. The second-order valence-corrected chi connectivity index (χ2v) is 2.11. The van der Waals surface area contributed by atoms with Crippen LogP contribution in [0.3, 0.4) is 0 Å². The third kappa shape index (κ3) is 2.72. The highest BCUT2D eigenvalue weighted by Gasteiger charge is 2.30. The molecule has 9 heavy (non-hydrogen) atoms. The van der Waals surface area contributed by atoms with E-state index in [0.717, 1.165) is 0 Å². The van der Waals surface area contributed by atoms with Gasteiger partial charge in [0, 0.05) is 25.9 Å². The predicted octanol–water partition coefficient (Wildman–Crippen LogP) is 1.17. The van der Waals surface area contributed by atoms with Crippen LogP contribution in [0.1, 0.15) is 12.8 Å². The zero-order valence-electron chi connectivity index (χ0n) is 5.29. The van der Waals surface area contributed by atoms with Gasteiger partial charge in [0.05, 0.1) is 0 Å². The van der Waals surface area contributed by atoms with Crippen LogP contribution in [-0.4, -0.2) is 19.0 Å². The first-order valence-corrected chi connectivity index (χ1v) is 2.79. The van der Waals surface area contributed by atoms with Crippen molar-refractivity contribution in [2.75, 3.05) is 13.1 Å². The second kappa shape index (κ2) is 3.08. The Morgan fingerprint density at radius 3 is 1.78 bits per heavy atom. The first-order chi connectivity index (χ1) is 3.71. The lowest BCUT2D eigenvalue weighted by molar-refractivity contribution is -0.0274. The van der Waals surface area contributed by atoms with Gasteiger partial charge < -0.3 is 11.5 Å². The van der Waals surface area contributed by atoms with Crippen molar-refractivity contribution in [2.45, 2.75) is 18.8 Å². The molecule has 0 saturated carbocycles. The number of halogens is 2. The molecular formula is C5H12F2N2. The molecule has 1 fully saturated rings. The van der Waals surface area contributed by atoms with Gasteiger partial charge in [-0.15, -0.1) is 0 Å². The van der Waals surface area contributed by atoms with Crippen molar-refractivity contribution in [3.05, 3.63) is 0 Å². The molecule has 0 atom stereocenters. The van der Waals surface area contributed by atoms with Crippen molar-refractivity contribution < 1.29 is 8.78 Å². The molecule has 0 bridgehead atoms. The van der Waals surface area contributed by atoms with Gasteiger partial charge in [0.15, 0.2) is 0 Å². The molecule has 4 heteroatoms. The summed E-state index contributed by atoms with van der Waals surface area (Å²) in [6.45, 7) is 0.931. The van der Waals surface area contributed by atoms with Crippen molar-refractivity contribution in [1.29, 1.82) is 0 Å². The summed E-state index contributed by atoms with van der Waals surface area (Å²) in [6, 6.07) is 0. The molecule has 2 nitrogen and oxygen atoms in total. The van der Waals surface area contributed by atoms with Crippen LogP contribution in [0.25, 0.3) is 0 Å². The molecular weight excluding hydrogens is 126 g/mol. The Labute approximate surface area is 53.2 Å². The maximum absolute atomic E-state index is 12.2. The molecule has 0 aromatic carbocycles. The van der Waals surface area contributed by atoms with Gasteiger partial charge in [-0.3, -0.25) is 0 Å². The number of hydrogen-bond acceptors (Lipinski definition) is 2. The molecule has 56 valence electrons. The van der Waals surface area contributed by atoms with E-state index in [2.05, 4.69) is 5.32 Å². The van der Waals surface area contributed by atoms with E-state index in [0.29, 0.717) is 13.1 Å². The van der Waals surface area contributed by atoms with Gasteiger partial charge in [0.1, 0.15) is 0 Å². The molecule has 0 aromatic rings. The zero-order chi connectivity index (χ0) is 6.04. The minimum atomic E-state index is -2.38. The third-order valence-corrected chi connectivity index (χ3v) is 1.34. The van der Waals surface area contributed by atoms with E-state index in [9.17, 15) is 8.78 Å². The van der Waals surface area contributed by atoms with E-state index in [1.165, 1.54) is 0 Å². The average molecular weight is 138 g/mol. The maximum Gasteiger partial charge on any atom is 0.250 e. The molecule has 1 saturated heterocycles. The Bertz CT molecular complexity index is 77.0. The van der Waals surface area contributed by atoms with E-state index in [-0.39, 0.29) is 19.0 Å². The number of nitrogens with one attached hydrogen (secondary N) is 1. The smallest absolute Gasteiger partial charge is 0.250 e. The lowest BCUT2D eigenvalue weighted by Gasteiger charge is -2.21. The van der Waals surface area contributed by atoms with Crippen LogP contribution in [-0.2, 0) is 0 Å². The Hall–Kier alpha value is -0.220. The Balaban J connectivity index is 0.000000640. The molecule has 0 spiro atoms. The standard InChI is InChI=1S/C5H9F2N.H3N/c6-5(7)1-3-8-4-2-5;/h8H,1-4H2;1H3. The van der Waals surface area contributed by atoms with Crippen LogP contribution in [0.5, 0.6) is 0 Å². The first kappa shape index (κ1) is 8.78. The predicted molar refractivity (Wildman–Crippen MR) is 32.1 cm³/mol. The van der Waals surface area contributed by atoms with Crippen LogP contribution >= 0.6 is 0 Å². The monoisotopic (exact) mass is 138 g/mol. The van der Waals surface area contributed by atoms with E-state index in [1.54, 1.807) is 0 Å². The van der Waals surface area contributed by atoms with Gasteiger partial charge in [-0.2, -0.15) is 0 Å². The molecule has 0 amide bonds. The minimum absolute atomic E-state index is 0. The van der Waals surface area contributed by atoms with Crippen molar-refractivity contribution in [3.8, 4) is 0 Å². The molecule has 1 aliphatic heterocycles. The molecule has 0 aliphatic carbocycles. The second-order valence-electron chi connectivity index (χ2n) is 2.11. The van der Waals surface area contributed by atoms with Crippen molar-refractivity contribution in [3.63, 3.8) is 0 Å². The van der Waals surface area contributed by atoms with Gasteiger partial charge in [-0.25, -0.2) is 8.78 Å². The summed E-state index contributed by atoms with van der Waals surface area (Å²) in [6.07, 6.45) is 0.0139. The largest absolute Gasteiger partial charge is 0.344 e. The van der Waals surface area contributed by atoms with Crippen LogP contribution in [0.2, 0.25) is 0 Å². The van der Waals surface area contributed by atoms with Gasteiger partial charge in [-0.1, -0.05) is 0 Å². The Morgan fingerprint density at radius 2 is 1.56 bits per heavy atom. The normalized spacial score (nSPS) is 24.7. The lowest BCUT2D eigenvalue weighted by atomic mass is 10.1. The van der Waals surface area contributed by atoms with Crippen molar-refractivity contribution in [1.82, 2.24) is 11.5 Å². The fourth-order valence-corrected chi connectivity index (χ4v) is 0.793. The van der Waals surface area contributed by atoms with Gasteiger partial charge in [-0.05, 0) is 0 Å². The average Bonchev–Trinajstić information content (AvgIpc) is 1.65. The molecule has 0 aromatic heterocycles. The summed E-state index contributed by atoms with van der Waals surface area (Å²) in [5, 5.41) is 2.86. The highest BCUT2D eigenvalue weighted by Crippen LogP contribution is 2.23. The van der Waals surface area contributed by atoms with Crippen molar-refractivity contribution in [2.24, 2.45) is 0 Å². The summed E-state index contributed by atoms with van der Waals surface area (Å²) in [4.78, 5) is 0. The highest BCUT2D eigenvalue weighted by atomic mass is 19.3. The van der Waals surface area contributed by atoms with Gasteiger partial charge in [0.2, 0.25) is 0 Å². The zero-order valence-corrected chi connectivity index (χ0v) is 5.29. The number of rotatable bonds is 0. The molecule has 1 heterocycles. The molecule has 4 N–H and O–H groups in total. The minimum Gasteiger partial charge on any atom is -0.344 e. The van der Waals surface area contributed by atoms with E-state index >= 15 is 0 Å². The molecule has 0 radical (unpaired) electrons. The summed E-state index contributed by atoms with van der Waals surface area (Å²) >= 11 is 0. The number of hydrogen-bond donors (Lipinski definition) is 2. The lowest BCUT2D eigenvalue weighted by Crippen LogP contribution is -2.35. The fourth-order valence-electron chi connectivity index (χ4n) is 0.793. The topological polar surface area (TPSA) is 47.0 Å². The van der Waals surface area contributed by atoms with E-state index < -0.39 is 5.92 Å². The van der Waals surface area contributed by atoms with Crippen molar-refractivity contribution >= 4 is 0 Å². The summed E-state index contributed by atoms with van der Waals surface area (Å²) in [5.74, 6) is -2.38. The summed E-state index contributed by atoms with van der Waals surface area (Å²) in [7, 11) is 0. The molecule has 1 rings (SSSR count). The van der Waals surface area contributed by atoms with Gasteiger partial charge >= 0.3 is 0 Å². The number of piperidine rings is 1.